The number of amides is 1. The number of nitrogens with one attached hydrogen (secondary N) is 1. The van der Waals surface area contributed by atoms with Crippen LogP contribution in [0.3, 0.4) is 0 Å². The van der Waals surface area contributed by atoms with Crippen LogP contribution in [0.25, 0.3) is 0 Å². The van der Waals surface area contributed by atoms with E-state index in [2.05, 4.69) is 5.32 Å². The third-order valence-electron chi connectivity index (χ3n) is 5.84. The molecule has 0 aliphatic carbocycles. The van der Waals surface area contributed by atoms with Crippen molar-refractivity contribution in [1.82, 2.24) is 5.32 Å². The number of carbonyl (C=O) groups excluding carboxylic acids is 2. The minimum atomic E-state index is -4.63. The van der Waals surface area contributed by atoms with Crippen molar-refractivity contribution in [2.75, 3.05) is 20.8 Å². The lowest BCUT2D eigenvalue weighted by molar-refractivity contribution is -0.137. The highest BCUT2D eigenvalue weighted by atomic mass is 35.5. The molecule has 258 valence electrons. The van der Waals surface area contributed by atoms with Crippen LogP contribution in [0.4, 0.5) is 22.8 Å². The van der Waals surface area contributed by atoms with Gasteiger partial charge in [0, 0.05) is 24.1 Å². The summed E-state index contributed by atoms with van der Waals surface area (Å²) in [5, 5.41) is 3.03. The Morgan fingerprint density at radius 3 is 2.04 bits per heavy atom. The van der Waals surface area contributed by atoms with Gasteiger partial charge in [0.05, 0.1) is 22.6 Å². The average molecular weight is 714 g/mol. The first kappa shape index (κ1) is 39.7. The Morgan fingerprint density at radius 2 is 1.52 bits per heavy atom. The molecule has 46 heavy (non-hydrogen) atoms. The number of aryl methyl sites for hydroxylation is 1. The summed E-state index contributed by atoms with van der Waals surface area (Å²) >= 11 is 7.50. The smallest absolute Gasteiger partial charge is 0.444 e. The Morgan fingerprint density at radius 1 is 0.913 bits per heavy atom. The normalized spacial score (nSPS) is 13.9. The zero-order valence-corrected chi connectivity index (χ0v) is 29.6. The summed E-state index contributed by atoms with van der Waals surface area (Å²) in [6.45, 7) is 11.4. The number of alkyl carbamates (subject to hydrolysis) is 1. The first-order chi connectivity index (χ1) is 21.0. The number of rotatable bonds is 12. The van der Waals surface area contributed by atoms with Crippen LogP contribution in [0.5, 0.6) is 5.75 Å². The number of carbonyl (C=O) groups is 2. The summed E-state index contributed by atoms with van der Waals surface area (Å²) in [5.74, 6) is -0.124. The molecule has 0 unspecified atom stereocenters. The van der Waals surface area contributed by atoms with Crippen LogP contribution in [0.15, 0.2) is 46.2 Å². The van der Waals surface area contributed by atoms with Gasteiger partial charge < -0.3 is 19.5 Å². The molecule has 0 spiro atoms. The summed E-state index contributed by atoms with van der Waals surface area (Å²) in [6.07, 6.45) is -5.91. The van der Waals surface area contributed by atoms with E-state index < -0.39 is 48.6 Å². The van der Waals surface area contributed by atoms with Gasteiger partial charge in [-0.3, -0.25) is 13.6 Å². The van der Waals surface area contributed by atoms with E-state index in [0.29, 0.717) is 16.9 Å². The van der Waals surface area contributed by atoms with Crippen molar-refractivity contribution in [3.05, 3.63) is 52.5 Å². The fraction of sp³-hybridized carbons (Fsp3) is 0.533. The number of phosphoric ester groups is 1. The number of alkyl halides is 3. The van der Waals surface area contributed by atoms with Crippen LogP contribution in [0.2, 0.25) is 5.02 Å². The Bertz CT molecular complexity index is 1420. The molecule has 0 saturated carbocycles. The molecule has 0 fully saturated rings. The lowest BCUT2D eigenvalue weighted by Crippen LogP contribution is -2.51. The number of halogens is 4. The fourth-order valence-electron chi connectivity index (χ4n) is 3.66. The van der Waals surface area contributed by atoms with E-state index in [1.807, 2.05) is 0 Å². The fourth-order valence-corrected chi connectivity index (χ4v) is 5.77. The second-order valence-corrected chi connectivity index (χ2v) is 15.8. The maximum atomic E-state index is 13.5. The summed E-state index contributed by atoms with van der Waals surface area (Å²) in [6, 6.07) is 7.61. The third kappa shape index (κ3) is 13.3. The molecule has 0 saturated heterocycles. The molecule has 0 bridgehead atoms. The minimum Gasteiger partial charge on any atom is -0.444 e. The Balaban J connectivity index is 2.31. The van der Waals surface area contributed by atoms with Gasteiger partial charge in [-0.25, -0.2) is 14.2 Å². The molecule has 0 aliphatic heterocycles. The van der Waals surface area contributed by atoms with Crippen molar-refractivity contribution in [1.29, 1.82) is 0 Å². The van der Waals surface area contributed by atoms with E-state index in [0.717, 1.165) is 44.2 Å². The monoisotopic (exact) mass is 713 g/mol. The summed E-state index contributed by atoms with van der Waals surface area (Å²) in [4.78, 5) is 25.4. The second kappa shape index (κ2) is 15.6. The van der Waals surface area contributed by atoms with Crippen molar-refractivity contribution < 1.29 is 55.1 Å². The van der Waals surface area contributed by atoms with E-state index in [4.69, 9.17) is 39.4 Å². The zero-order valence-electron chi connectivity index (χ0n) is 27.1. The maximum Gasteiger partial charge on any atom is 0.514 e. The highest BCUT2D eigenvalue weighted by molar-refractivity contribution is 7.99. The van der Waals surface area contributed by atoms with Gasteiger partial charge >= 0.3 is 26.2 Å². The van der Waals surface area contributed by atoms with Gasteiger partial charge in [0.25, 0.3) is 0 Å². The van der Waals surface area contributed by atoms with Crippen molar-refractivity contribution in [2.24, 2.45) is 0 Å². The molecular weight excluding hydrogens is 674 g/mol. The SMILES string of the molecule is COP(=O)(OC)OC[C@](C)(CCc1ccc(Sc2cc(C(F)(F)F)ccc2OC(=O)OC(C)(C)C)cc1Cl)NC(=O)OC(C)(C)C. The first-order valence-corrected chi connectivity index (χ1v) is 16.6. The van der Waals surface area contributed by atoms with E-state index in [-0.39, 0.29) is 28.7 Å². The molecule has 2 rings (SSSR count). The molecule has 1 atom stereocenters. The van der Waals surface area contributed by atoms with E-state index in [1.54, 1.807) is 66.7 Å². The largest absolute Gasteiger partial charge is 0.514 e. The van der Waals surface area contributed by atoms with Crippen LogP contribution >= 0.6 is 31.2 Å². The molecule has 0 radical (unpaired) electrons. The third-order valence-corrected chi connectivity index (χ3v) is 8.56. The quantitative estimate of drug-likeness (QED) is 0.129. The minimum absolute atomic E-state index is 0.0106. The summed E-state index contributed by atoms with van der Waals surface area (Å²) in [5.41, 5.74) is -3.08. The van der Waals surface area contributed by atoms with Crippen LogP contribution in [-0.2, 0) is 40.2 Å². The van der Waals surface area contributed by atoms with Gasteiger partial charge in [0.1, 0.15) is 17.0 Å². The van der Waals surface area contributed by atoms with Crippen molar-refractivity contribution in [3.63, 3.8) is 0 Å². The van der Waals surface area contributed by atoms with Crippen LogP contribution < -0.4 is 10.1 Å². The van der Waals surface area contributed by atoms with E-state index >= 15 is 0 Å². The molecule has 16 heteroatoms. The van der Waals surface area contributed by atoms with Gasteiger partial charge in [0.15, 0.2) is 0 Å². The van der Waals surface area contributed by atoms with Crippen molar-refractivity contribution >= 4 is 43.4 Å². The van der Waals surface area contributed by atoms with Crippen LogP contribution in [0, 0.1) is 0 Å². The van der Waals surface area contributed by atoms with Gasteiger partial charge in [-0.2, -0.15) is 13.2 Å². The van der Waals surface area contributed by atoms with E-state index in [1.165, 1.54) is 0 Å². The van der Waals surface area contributed by atoms with Gasteiger partial charge in [-0.1, -0.05) is 29.4 Å². The van der Waals surface area contributed by atoms with Crippen molar-refractivity contribution in [3.8, 4) is 5.75 Å². The number of ether oxygens (including phenoxy) is 3. The van der Waals surface area contributed by atoms with Crippen molar-refractivity contribution in [2.45, 2.75) is 94.0 Å². The molecule has 0 aromatic heterocycles. The number of benzene rings is 2. The average Bonchev–Trinajstić information content (AvgIpc) is 2.89. The Hall–Kier alpha value is -2.48. The van der Waals surface area contributed by atoms with Gasteiger partial charge in [-0.05, 0) is 97.2 Å². The van der Waals surface area contributed by atoms with Crippen LogP contribution in [0.1, 0.15) is 66.0 Å². The number of phosphoric acid groups is 1. The topological polar surface area (TPSA) is 119 Å². The Labute approximate surface area is 276 Å². The zero-order chi connectivity index (χ0) is 35.1. The first-order valence-electron chi connectivity index (χ1n) is 13.9. The molecule has 2 aromatic rings. The Kier molecular flexibility index (Phi) is 13.5. The van der Waals surface area contributed by atoms with Crippen LogP contribution in [-0.4, -0.2) is 49.8 Å². The lowest BCUT2D eigenvalue weighted by atomic mass is 9.94. The number of hydrogen-bond acceptors (Lipinski definition) is 10. The standard InChI is InChI=1S/C30H40ClF3NO9PS/c1-27(2,3)43-25(36)35-29(7,18-41-45(38,39-8)40-9)15-14-19-10-12-21(17-22(19)31)46-24-16-20(30(32,33)34)11-13-23(24)42-26(37)44-28(4,5)6/h10-13,16-17H,14-15,18H2,1-9H3,(H,35,36)/t29-/m0/s1. The molecule has 1 amide bonds. The van der Waals surface area contributed by atoms with E-state index in [9.17, 15) is 27.3 Å². The highest BCUT2D eigenvalue weighted by Gasteiger charge is 2.35. The molecule has 2 aromatic carbocycles. The maximum absolute atomic E-state index is 13.5. The molecule has 0 aliphatic rings. The summed E-state index contributed by atoms with van der Waals surface area (Å²) < 4.78 is 83.9. The molecular formula is C30H40ClF3NO9PS. The highest BCUT2D eigenvalue weighted by Crippen LogP contribution is 2.48. The molecule has 0 heterocycles. The molecule has 10 nitrogen and oxygen atoms in total. The predicted octanol–water partition coefficient (Wildman–Crippen LogP) is 9.46. The van der Waals surface area contributed by atoms with Gasteiger partial charge in [-0.15, -0.1) is 0 Å². The molecule has 1 N–H and O–H groups in total. The van der Waals surface area contributed by atoms with Gasteiger partial charge in [0.2, 0.25) is 0 Å². The number of hydrogen-bond donors (Lipinski definition) is 1. The predicted molar refractivity (Wildman–Crippen MR) is 168 cm³/mol. The second-order valence-electron chi connectivity index (χ2n) is 12.4. The lowest BCUT2D eigenvalue weighted by Gasteiger charge is -2.32. The summed E-state index contributed by atoms with van der Waals surface area (Å²) in [7, 11) is -1.55.